The van der Waals surface area contributed by atoms with Crippen LogP contribution in [0, 0.1) is 5.82 Å². The van der Waals surface area contributed by atoms with Crippen molar-refractivity contribution in [2.24, 2.45) is 4.99 Å². The van der Waals surface area contributed by atoms with Crippen LogP contribution < -0.4 is 15.5 Å². The molecular formula is C27H27FN4O3. The minimum Gasteiger partial charge on any atom is -0.377 e. The highest BCUT2D eigenvalue weighted by molar-refractivity contribution is 6.20. The van der Waals surface area contributed by atoms with Gasteiger partial charge in [-0.05, 0) is 30.2 Å². The molecular weight excluding hydrogens is 447 g/mol. The monoisotopic (exact) mass is 474 g/mol. The minimum atomic E-state index is -1.21. The molecule has 0 saturated heterocycles. The SMILES string of the molecule is CN1C(=O)C(NC(=O)NCCCOCc2ccccc2)N=C(c2ccccc2F)c2ccccc21. The third kappa shape index (κ3) is 5.91. The Balaban J connectivity index is 1.41. The third-order valence-corrected chi connectivity index (χ3v) is 5.60. The van der Waals surface area contributed by atoms with Gasteiger partial charge < -0.3 is 20.3 Å². The van der Waals surface area contributed by atoms with Gasteiger partial charge in [-0.3, -0.25) is 4.79 Å². The number of likely N-dealkylation sites (N-methyl/N-ethyl adjacent to an activating group) is 1. The Morgan fingerprint density at radius 3 is 2.46 bits per heavy atom. The normalized spacial score (nSPS) is 15.1. The summed E-state index contributed by atoms with van der Waals surface area (Å²) in [5, 5.41) is 5.35. The third-order valence-electron chi connectivity index (χ3n) is 5.60. The highest BCUT2D eigenvalue weighted by atomic mass is 19.1. The number of amides is 3. The lowest BCUT2D eigenvalue weighted by Gasteiger charge is -2.21. The van der Waals surface area contributed by atoms with E-state index in [9.17, 15) is 14.0 Å². The maximum atomic E-state index is 14.7. The number of urea groups is 1. The molecule has 7 nitrogen and oxygen atoms in total. The molecule has 0 saturated carbocycles. The lowest BCUT2D eigenvalue weighted by molar-refractivity contribution is -0.119. The molecule has 0 fully saturated rings. The molecule has 35 heavy (non-hydrogen) atoms. The van der Waals surface area contributed by atoms with Gasteiger partial charge in [0.1, 0.15) is 5.82 Å². The number of benzene rings is 3. The summed E-state index contributed by atoms with van der Waals surface area (Å²) in [6, 6.07) is 22.7. The predicted molar refractivity (Wildman–Crippen MR) is 133 cm³/mol. The van der Waals surface area contributed by atoms with Crippen LogP contribution in [0.5, 0.6) is 0 Å². The summed E-state index contributed by atoms with van der Waals surface area (Å²) in [4.78, 5) is 31.6. The Bertz CT molecular complexity index is 1220. The average Bonchev–Trinajstić information content (AvgIpc) is 2.98. The number of aliphatic imine (C=N–C) groups is 1. The Morgan fingerprint density at radius 1 is 1.00 bits per heavy atom. The maximum Gasteiger partial charge on any atom is 0.316 e. The number of nitrogens with one attached hydrogen (secondary N) is 2. The summed E-state index contributed by atoms with van der Waals surface area (Å²) in [6.07, 6.45) is -0.607. The number of anilines is 1. The van der Waals surface area contributed by atoms with Crippen LogP contribution in [0.4, 0.5) is 14.9 Å². The zero-order chi connectivity index (χ0) is 24.6. The Hall–Kier alpha value is -4.04. The molecule has 3 aromatic carbocycles. The van der Waals surface area contributed by atoms with E-state index in [0.29, 0.717) is 43.1 Å². The first-order valence-corrected chi connectivity index (χ1v) is 11.4. The lowest BCUT2D eigenvalue weighted by Crippen LogP contribution is -2.49. The number of para-hydroxylation sites is 1. The van der Waals surface area contributed by atoms with Gasteiger partial charge in [-0.25, -0.2) is 14.2 Å². The summed E-state index contributed by atoms with van der Waals surface area (Å²) >= 11 is 0. The highest BCUT2D eigenvalue weighted by Crippen LogP contribution is 2.27. The standard InChI is InChI=1S/C27H27FN4O3/c1-32-23-15-8-6-13-21(23)24(20-12-5-7-14-22(20)28)30-25(26(32)33)31-27(34)29-16-9-17-35-18-19-10-3-2-4-11-19/h2-8,10-15,25H,9,16-18H2,1H3,(H2,29,31,34). The predicted octanol–water partition coefficient (Wildman–Crippen LogP) is 3.87. The molecule has 0 bridgehead atoms. The van der Waals surface area contributed by atoms with Crippen LogP contribution in [-0.2, 0) is 16.1 Å². The first kappa shape index (κ1) is 24.1. The van der Waals surface area contributed by atoms with E-state index < -0.39 is 23.9 Å². The van der Waals surface area contributed by atoms with E-state index in [1.165, 1.54) is 11.0 Å². The van der Waals surface area contributed by atoms with Crippen molar-refractivity contribution in [2.75, 3.05) is 25.1 Å². The Morgan fingerprint density at radius 2 is 1.69 bits per heavy atom. The van der Waals surface area contributed by atoms with E-state index in [0.717, 1.165) is 5.56 Å². The van der Waals surface area contributed by atoms with Gasteiger partial charge >= 0.3 is 6.03 Å². The minimum absolute atomic E-state index is 0.255. The summed E-state index contributed by atoms with van der Waals surface area (Å²) in [6.45, 7) is 1.34. The lowest BCUT2D eigenvalue weighted by atomic mass is 10.00. The van der Waals surface area contributed by atoms with Crippen molar-refractivity contribution in [3.8, 4) is 0 Å². The fraction of sp³-hybridized carbons (Fsp3) is 0.222. The number of nitrogens with zero attached hydrogens (tertiary/aromatic N) is 2. The Labute approximate surface area is 203 Å². The van der Waals surface area contributed by atoms with E-state index in [-0.39, 0.29) is 5.56 Å². The number of ether oxygens (including phenoxy) is 1. The van der Waals surface area contributed by atoms with Crippen molar-refractivity contribution in [3.05, 3.63) is 101 Å². The fourth-order valence-electron chi connectivity index (χ4n) is 3.80. The molecule has 1 heterocycles. The first-order chi connectivity index (χ1) is 17.0. The molecule has 180 valence electrons. The molecule has 0 radical (unpaired) electrons. The van der Waals surface area contributed by atoms with Crippen molar-refractivity contribution in [2.45, 2.75) is 19.2 Å². The zero-order valence-electron chi connectivity index (χ0n) is 19.4. The van der Waals surface area contributed by atoms with Gasteiger partial charge in [0.2, 0.25) is 6.17 Å². The smallest absolute Gasteiger partial charge is 0.316 e. The van der Waals surface area contributed by atoms with Gasteiger partial charge in [-0.15, -0.1) is 0 Å². The molecule has 3 aromatic rings. The van der Waals surface area contributed by atoms with E-state index in [1.54, 1.807) is 49.5 Å². The largest absolute Gasteiger partial charge is 0.377 e. The van der Waals surface area contributed by atoms with Gasteiger partial charge in [0, 0.05) is 31.3 Å². The molecule has 4 rings (SSSR count). The number of halogens is 1. The van der Waals surface area contributed by atoms with E-state index in [4.69, 9.17) is 4.74 Å². The van der Waals surface area contributed by atoms with Gasteiger partial charge in [0.05, 0.1) is 18.0 Å². The number of carbonyl (C=O) groups is 2. The highest BCUT2D eigenvalue weighted by Gasteiger charge is 2.31. The maximum absolute atomic E-state index is 14.7. The molecule has 1 aliphatic rings. The van der Waals surface area contributed by atoms with Crippen molar-refractivity contribution in [1.29, 1.82) is 0 Å². The molecule has 1 atom stereocenters. The summed E-state index contributed by atoms with van der Waals surface area (Å²) < 4.78 is 20.3. The average molecular weight is 475 g/mol. The second kappa shape index (κ2) is 11.4. The van der Waals surface area contributed by atoms with Gasteiger partial charge in [0.25, 0.3) is 5.91 Å². The van der Waals surface area contributed by atoms with E-state index in [1.807, 2.05) is 30.3 Å². The number of benzodiazepines with no additional fused rings is 1. The van der Waals surface area contributed by atoms with Crippen molar-refractivity contribution >= 4 is 23.3 Å². The van der Waals surface area contributed by atoms with Crippen LogP contribution in [0.15, 0.2) is 83.9 Å². The quantitative estimate of drug-likeness (QED) is 0.486. The number of hydrogen-bond acceptors (Lipinski definition) is 4. The van der Waals surface area contributed by atoms with Crippen LogP contribution in [0.2, 0.25) is 0 Å². The van der Waals surface area contributed by atoms with Crippen molar-refractivity contribution < 1.29 is 18.7 Å². The second-order valence-corrected chi connectivity index (χ2v) is 8.07. The molecule has 1 unspecified atom stereocenters. The second-order valence-electron chi connectivity index (χ2n) is 8.07. The van der Waals surface area contributed by atoms with E-state index in [2.05, 4.69) is 15.6 Å². The first-order valence-electron chi connectivity index (χ1n) is 11.4. The molecule has 3 amide bonds. The number of rotatable bonds is 8. The number of carbonyl (C=O) groups excluding carboxylic acids is 2. The molecule has 0 spiro atoms. The number of hydrogen-bond donors (Lipinski definition) is 2. The van der Waals surface area contributed by atoms with Gasteiger partial charge in [-0.2, -0.15) is 0 Å². The van der Waals surface area contributed by atoms with E-state index >= 15 is 0 Å². The number of fused-ring (bicyclic) bond motifs is 1. The van der Waals surface area contributed by atoms with Crippen LogP contribution in [0.1, 0.15) is 23.1 Å². The topological polar surface area (TPSA) is 83.0 Å². The molecule has 8 heteroatoms. The molecule has 0 aromatic heterocycles. The van der Waals surface area contributed by atoms with Crippen LogP contribution in [0.3, 0.4) is 0 Å². The van der Waals surface area contributed by atoms with Gasteiger partial charge in [0.15, 0.2) is 0 Å². The Kier molecular flexibility index (Phi) is 7.84. The van der Waals surface area contributed by atoms with Crippen molar-refractivity contribution in [3.63, 3.8) is 0 Å². The molecule has 0 aliphatic carbocycles. The van der Waals surface area contributed by atoms with Gasteiger partial charge in [-0.1, -0.05) is 60.7 Å². The molecule has 1 aliphatic heterocycles. The molecule has 2 N–H and O–H groups in total. The van der Waals surface area contributed by atoms with Crippen molar-refractivity contribution in [1.82, 2.24) is 10.6 Å². The summed E-state index contributed by atoms with van der Waals surface area (Å²) in [5.74, 6) is -0.887. The summed E-state index contributed by atoms with van der Waals surface area (Å²) in [5.41, 5.74) is 2.83. The zero-order valence-corrected chi connectivity index (χ0v) is 19.4. The van der Waals surface area contributed by atoms with Crippen LogP contribution in [-0.4, -0.2) is 44.0 Å². The van der Waals surface area contributed by atoms with Crippen LogP contribution >= 0.6 is 0 Å². The summed E-state index contributed by atoms with van der Waals surface area (Å²) in [7, 11) is 1.61. The van der Waals surface area contributed by atoms with Crippen LogP contribution in [0.25, 0.3) is 0 Å². The fourth-order valence-corrected chi connectivity index (χ4v) is 3.80.